The molecule has 0 bridgehead atoms. The van der Waals surface area contributed by atoms with Crippen molar-refractivity contribution >= 4 is 64.8 Å². The second-order valence-corrected chi connectivity index (χ2v) is 13.1. The lowest BCUT2D eigenvalue weighted by Crippen LogP contribution is -2.46. The highest BCUT2D eigenvalue weighted by atomic mass is 35.5. The van der Waals surface area contributed by atoms with Gasteiger partial charge in [-0.25, -0.2) is 29.1 Å². The third-order valence-electron chi connectivity index (χ3n) is 8.22. The van der Waals surface area contributed by atoms with E-state index in [1.54, 1.807) is 24.3 Å². The summed E-state index contributed by atoms with van der Waals surface area (Å²) in [5.74, 6) is -6.28. The van der Waals surface area contributed by atoms with Crippen molar-refractivity contribution in [1.82, 2.24) is 29.4 Å². The third-order valence-corrected chi connectivity index (χ3v) is 8.55. The highest BCUT2D eigenvalue weighted by molar-refractivity contribution is 6.55. The van der Waals surface area contributed by atoms with Crippen molar-refractivity contribution in [3.05, 3.63) is 90.7 Å². The van der Waals surface area contributed by atoms with Gasteiger partial charge in [-0.15, -0.1) is 0 Å². The Kier molecular flexibility index (Phi) is 17.1. The molecule has 3 aromatic rings. The average molecular weight is 817 g/mol. The van der Waals surface area contributed by atoms with E-state index in [0.717, 1.165) is 41.6 Å². The monoisotopic (exact) mass is 816 g/mol. The molecular weight excluding hydrogens is 772 g/mol. The molecule has 2 atom stereocenters. The summed E-state index contributed by atoms with van der Waals surface area (Å²) in [6, 6.07) is 14.4. The number of ketones is 3. The summed E-state index contributed by atoms with van der Waals surface area (Å²) in [6.45, 7) is 12.5. The van der Waals surface area contributed by atoms with Crippen molar-refractivity contribution in [1.29, 1.82) is 5.26 Å². The molecule has 0 fully saturated rings. The van der Waals surface area contributed by atoms with Gasteiger partial charge in [0.15, 0.2) is 5.78 Å². The van der Waals surface area contributed by atoms with Crippen LogP contribution in [0.3, 0.4) is 0 Å². The number of hydrazone groups is 3. The van der Waals surface area contributed by atoms with Crippen LogP contribution in [0.1, 0.15) is 75.8 Å². The molecule has 0 N–H and O–H groups in total. The molecule has 306 valence electrons. The summed E-state index contributed by atoms with van der Waals surface area (Å²) in [6.07, 6.45) is 2.35. The fraction of sp³-hybridized carbons (Fsp3) is 0.359. The summed E-state index contributed by atoms with van der Waals surface area (Å²) in [7, 11) is 5.40. The molecule has 5 rings (SSSR count). The maximum Gasteiger partial charge on any atom is 0.351 e. The van der Waals surface area contributed by atoms with E-state index in [0.29, 0.717) is 22.2 Å². The number of nitriles is 1. The summed E-state index contributed by atoms with van der Waals surface area (Å²) < 4.78 is 1.91. The number of nitrogens with zero attached hydrogens (tertiary/aromatic N) is 10. The van der Waals surface area contributed by atoms with E-state index in [1.165, 1.54) is 48.3 Å². The topological polar surface area (TPSA) is 230 Å². The summed E-state index contributed by atoms with van der Waals surface area (Å²) >= 11 is 5.67. The van der Waals surface area contributed by atoms with Crippen LogP contribution in [0.4, 0.5) is 0 Å². The molecule has 2 unspecified atom stereocenters. The molecule has 2 aliphatic heterocycles. The molecule has 3 amide bonds. The predicted octanol–water partition coefficient (Wildman–Crippen LogP) is 2.76. The van der Waals surface area contributed by atoms with E-state index in [4.69, 9.17) is 16.9 Å². The van der Waals surface area contributed by atoms with E-state index < -0.39 is 58.2 Å². The average Bonchev–Trinajstić information content (AvgIpc) is 3.19. The van der Waals surface area contributed by atoms with Crippen molar-refractivity contribution in [2.24, 2.45) is 28.3 Å². The summed E-state index contributed by atoms with van der Waals surface area (Å²) in [4.78, 5) is 95.6. The Morgan fingerprint density at radius 3 is 1.93 bits per heavy atom. The van der Waals surface area contributed by atoms with Gasteiger partial charge in [-0.05, 0) is 48.2 Å². The van der Waals surface area contributed by atoms with Crippen molar-refractivity contribution in [3.8, 4) is 11.8 Å². The Balaban J connectivity index is 0.000000324. The van der Waals surface area contributed by atoms with E-state index >= 15 is 0 Å². The van der Waals surface area contributed by atoms with Gasteiger partial charge < -0.3 is 0 Å². The Labute approximate surface area is 339 Å². The van der Waals surface area contributed by atoms with Crippen LogP contribution in [-0.4, -0.2) is 104 Å². The number of Topliss-reactive ketones (excluding diaryl/α,β-unsaturated/α-hetero) is 3. The zero-order valence-electron chi connectivity index (χ0n) is 34.0. The Bertz CT molecular complexity index is 2340. The van der Waals surface area contributed by atoms with Gasteiger partial charge in [0.2, 0.25) is 17.5 Å². The lowest BCUT2D eigenvalue weighted by molar-refractivity contribution is -0.144. The van der Waals surface area contributed by atoms with Gasteiger partial charge in [0.05, 0.1) is 16.3 Å². The lowest BCUT2D eigenvalue weighted by Gasteiger charge is -2.21. The predicted molar refractivity (Wildman–Crippen MR) is 217 cm³/mol. The van der Waals surface area contributed by atoms with Crippen molar-refractivity contribution in [3.63, 3.8) is 0 Å². The molecule has 1 aromatic heterocycles. The second kappa shape index (κ2) is 21.0. The van der Waals surface area contributed by atoms with Crippen molar-refractivity contribution in [2.45, 2.75) is 60.3 Å². The number of rotatable bonds is 6. The number of amides is 3. The largest absolute Gasteiger partial charge is 0.351 e. The van der Waals surface area contributed by atoms with Crippen LogP contribution >= 0.6 is 11.6 Å². The fourth-order valence-corrected chi connectivity index (χ4v) is 5.04. The SMILES string of the molecule is CC.CC(=O)/C(=N\N(C)C(C)=O)C1C=NN(C)C(=O)C1=O.CC(C)c1ccc(-n2c(=O)c(C3C=NN(C)C(=O)C3=O)nn(C)c2=O)cc1.Cc1ccc(Cl)c(C#N)c1. The van der Waals surface area contributed by atoms with Crippen LogP contribution in [-0.2, 0) is 35.8 Å². The van der Waals surface area contributed by atoms with E-state index in [9.17, 15) is 38.4 Å². The molecule has 19 heteroatoms. The maximum absolute atomic E-state index is 12.9. The van der Waals surface area contributed by atoms with Gasteiger partial charge in [0, 0.05) is 54.5 Å². The number of likely N-dealkylation sites (N-methyl/N-ethyl adjacent to an activating group) is 2. The normalized spacial score (nSPS) is 16.0. The number of benzene rings is 2. The standard InChI is InChI=1S/C18H19N5O4.C11H14N4O4.C8H6ClN.C2H6/c1-10(2)11-5-7-12(8-6-11)23-16(25)14(20-22(4)18(23)27)13-9-19-21(3)17(26)15(13)24;1-6(16)9(13-14(3)7(2)17)8-5-12-15(4)11(19)10(8)18;1-6-2-3-8(9)7(4-6)5-10;1-2/h5-10,13H,1-4H3;5,8H,1-4H3;2-4H,1H3;1-2H3/b;13-9+;;. The number of aromatic nitrogens is 3. The molecular formula is C39H45ClN10O8. The third kappa shape index (κ3) is 11.4. The lowest BCUT2D eigenvalue weighted by atomic mass is 9.95. The van der Waals surface area contributed by atoms with Gasteiger partial charge in [-0.2, -0.15) is 25.7 Å². The Morgan fingerprint density at radius 2 is 1.43 bits per heavy atom. The molecule has 2 aliphatic rings. The zero-order chi connectivity index (χ0) is 44.2. The first-order chi connectivity index (χ1) is 27.2. The highest BCUT2D eigenvalue weighted by Crippen LogP contribution is 2.18. The van der Waals surface area contributed by atoms with Gasteiger partial charge >= 0.3 is 17.5 Å². The molecule has 0 aliphatic carbocycles. The first-order valence-electron chi connectivity index (χ1n) is 17.7. The second-order valence-electron chi connectivity index (χ2n) is 12.7. The smallest absolute Gasteiger partial charge is 0.293 e. The van der Waals surface area contributed by atoms with Crippen molar-refractivity contribution < 1.29 is 28.8 Å². The molecule has 18 nitrogen and oxygen atoms in total. The molecule has 0 saturated heterocycles. The fourth-order valence-electron chi connectivity index (χ4n) is 4.88. The molecule has 0 spiro atoms. The number of aryl methyl sites for hydroxylation is 2. The molecule has 3 heterocycles. The van der Waals surface area contributed by atoms with Crippen LogP contribution in [0.25, 0.3) is 5.69 Å². The zero-order valence-corrected chi connectivity index (χ0v) is 34.8. The molecule has 0 radical (unpaired) electrons. The van der Waals surface area contributed by atoms with E-state index in [2.05, 4.69) is 20.4 Å². The number of hydrogen-bond acceptors (Lipinski definition) is 13. The van der Waals surface area contributed by atoms with Crippen LogP contribution in [0.2, 0.25) is 5.02 Å². The van der Waals surface area contributed by atoms with E-state index in [1.807, 2.05) is 58.9 Å². The maximum atomic E-state index is 12.9. The van der Waals surface area contributed by atoms with Crippen LogP contribution < -0.4 is 11.2 Å². The molecule has 0 saturated carbocycles. The van der Waals surface area contributed by atoms with E-state index in [-0.39, 0.29) is 11.4 Å². The first-order valence-corrected chi connectivity index (χ1v) is 18.1. The van der Waals surface area contributed by atoms with Gasteiger partial charge in [0.1, 0.15) is 29.3 Å². The summed E-state index contributed by atoms with van der Waals surface area (Å²) in [5, 5.41) is 26.9. The minimum Gasteiger partial charge on any atom is -0.293 e. The molecule has 58 heavy (non-hydrogen) atoms. The quantitative estimate of drug-likeness (QED) is 0.201. The van der Waals surface area contributed by atoms with Gasteiger partial charge in [0.25, 0.3) is 5.56 Å². The van der Waals surface area contributed by atoms with Crippen LogP contribution in [0, 0.1) is 24.2 Å². The minimum absolute atomic E-state index is 0.187. The van der Waals surface area contributed by atoms with Crippen LogP contribution in [0.5, 0.6) is 0 Å². The first kappa shape index (κ1) is 47.4. The number of halogens is 1. The van der Waals surface area contributed by atoms with Crippen molar-refractivity contribution in [2.75, 3.05) is 21.1 Å². The Morgan fingerprint density at radius 1 is 0.879 bits per heavy atom. The van der Waals surface area contributed by atoms with Gasteiger partial charge in [-0.3, -0.25) is 33.6 Å². The Hall–Kier alpha value is -6.74. The van der Waals surface area contributed by atoms with Gasteiger partial charge in [-0.1, -0.05) is 57.5 Å². The molecule has 2 aromatic carbocycles. The number of carbonyl (C=O) groups is 6. The highest BCUT2D eigenvalue weighted by Gasteiger charge is 2.37. The minimum atomic E-state index is -1.23. The summed E-state index contributed by atoms with van der Waals surface area (Å²) in [5.41, 5.74) is 1.21. The number of carbonyl (C=O) groups excluding carboxylic acids is 6. The van der Waals surface area contributed by atoms with Crippen LogP contribution in [0.15, 0.2) is 67.4 Å². The number of hydrogen-bond donors (Lipinski definition) is 0.